The smallest absolute Gasteiger partial charge is 0.272 e. The molecule has 1 aliphatic rings. The zero-order valence-electron chi connectivity index (χ0n) is 22.8. The highest BCUT2D eigenvalue weighted by atomic mass is 79.9. The molecule has 4 aromatic carbocycles. The van der Waals surface area contributed by atoms with Crippen molar-refractivity contribution in [2.24, 2.45) is 0 Å². The molecule has 1 aliphatic heterocycles. The molecule has 1 atom stereocenters. The third-order valence-electron chi connectivity index (χ3n) is 6.50. The number of nitrogens with zero attached hydrogens (tertiary/aromatic N) is 2. The van der Waals surface area contributed by atoms with Gasteiger partial charge in [-0.1, -0.05) is 40.2 Å². The summed E-state index contributed by atoms with van der Waals surface area (Å²) < 4.78 is 0.829. The number of carbonyl (C=O) groups is 4. The van der Waals surface area contributed by atoms with E-state index in [2.05, 4.69) is 26.6 Å². The molecule has 0 aliphatic carbocycles. The number of nitrogens with one attached hydrogen (secondary N) is 2. The molecule has 0 bridgehead atoms. The molecular formula is C32H23BrN4O6S. The fourth-order valence-electron chi connectivity index (χ4n) is 4.37. The van der Waals surface area contributed by atoms with E-state index in [0.717, 1.165) is 4.47 Å². The molecule has 1 unspecified atom stereocenters. The Morgan fingerprint density at radius 3 is 2.32 bits per heavy atom. The van der Waals surface area contributed by atoms with Crippen molar-refractivity contribution in [1.29, 1.82) is 0 Å². The van der Waals surface area contributed by atoms with Crippen LogP contribution in [0.25, 0.3) is 6.08 Å². The van der Waals surface area contributed by atoms with Crippen LogP contribution in [-0.4, -0.2) is 33.8 Å². The van der Waals surface area contributed by atoms with Gasteiger partial charge in [0.1, 0.15) is 5.70 Å². The van der Waals surface area contributed by atoms with Crippen LogP contribution in [0.5, 0.6) is 0 Å². The average Bonchev–Trinajstić information content (AvgIpc) is 3.29. The number of amides is 4. The molecule has 0 radical (unpaired) electrons. The number of anilines is 2. The van der Waals surface area contributed by atoms with Gasteiger partial charge in [-0.25, -0.2) is 4.90 Å². The zero-order chi connectivity index (χ0) is 31.2. The Labute approximate surface area is 264 Å². The lowest BCUT2D eigenvalue weighted by Crippen LogP contribution is -2.31. The quantitative estimate of drug-likeness (QED) is 0.0937. The van der Waals surface area contributed by atoms with Crippen molar-refractivity contribution in [3.05, 3.63) is 135 Å². The molecule has 12 heteroatoms. The fraction of sp³-hybridized carbons (Fsp3) is 0.0625. The Morgan fingerprint density at radius 2 is 1.64 bits per heavy atom. The highest BCUT2D eigenvalue weighted by Gasteiger charge is 2.40. The van der Waals surface area contributed by atoms with Gasteiger partial charge in [0.05, 0.1) is 15.9 Å². The van der Waals surface area contributed by atoms with E-state index in [-0.39, 0.29) is 29.6 Å². The van der Waals surface area contributed by atoms with E-state index < -0.39 is 22.0 Å². The van der Waals surface area contributed by atoms with Gasteiger partial charge in [-0.15, -0.1) is 11.8 Å². The maximum Gasteiger partial charge on any atom is 0.272 e. The van der Waals surface area contributed by atoms with E-state index in [9.17, 15) is 29.3 Å². The minimum Gasteiger partial charge on any atom is -0.321 e. The van der Waals surface area contributed by atoms with Crippen LogP contribution < -0.4 is 15.5 Å². The van der Waals surface area contributed by atoms with Crippen LogP contribution in [0.15, 0.2) is 118 Å². The first kappa shape index (κ1) is 30.4. The fourth-order valence-corrected chi connectivity index (χ4v) is 5.75. The molecule has 5 rings (SSSR count). The van der Waals surface area contributed by atoms with Gasteiger partial charge in [0.2, 0.25) is 11.8 Å². The number of benzene rings is 4. The van der Waals surface area contributed by atoms with Crippen LogP contribution in [0.3, 0.4) is 0 Å². The van der Waals surface area contributed by atoms with Crippen LogP contribution in [0, 0.1) is 10.1 Å². The molecular weight excluding hydrogens is 648 g/mol. The van der Waals surface area contributed by atoms with Gasteiger partial charge in [0.15, 0.2) is 0 Å². The molecule has 0 saturated carbocycles. The van der Waals surface area contributed by atoms with Gasteiger partial charge in [-0.05, 0) is 78.4 Å². The molecule has 1 saturated heterocycles. The lowest BCUT2D eigenvalue weighted by atomic mass is 10.1. The van der Waals surface area contributed by atoms with Crippen LogP contribution in [-0.2, 0) is 14.4 Å². The summed E-state index contributed by atoms with van der Waals surface area (Å²) >= 11 is 4.57. The molecule has 1 fully saturated rings. The number of non-ortho nitro benzene ring substituents is 1. The second kappa shape index (κ2) is 13.5. The van der Waals surface area contributed by atoms with Crippen molar-refractivity contribution < 1.29 is 24.1 Å². The molecule has 10 nitrogen and oxygen atoms in total. The number of rotatable bonds is 9. The number of imide groups is 1. The van der Waals surface area contributed by atoms with Gasteiger partial charge in [0.25, 0.3) is 17.5 Å². The van der Waals surface area contributed by atoms with Gasteiger partial charge in [-0.2, -0.15) is 0 Å². The third kappa shape index (κ3) is 7.28. The molecule has 0 aromatic heterocycles. The Bertz CT molecular complexity index is 1780. The molecule has 220 valence electrons. The second-order valence-electron chi connectivity index (χ2n) is 9.56. The van der Waals surface area contributed by atoms with E-state index in [1.54, 1.807) is 78.9 Å². The first-order chi connectivity index (χ1) is 21.2. The highest BCUT2D eigenvalue weighted by molar-refractivity contribution is 9.10. The number of nitro groups is 1. The third-order valence-corrected chi connectivity index (χ3v) is 8.21. The van der Waals surface area contributed by atoms with Gasteiger partial charge in [0, 0.05) is 39.2 Å². The first-order valence-corrected chi connectivity index (χ1v) is 14.9. The standard InChI is InChI=1S/C32H23BrN4O6S/c33-22-11-15-24(16-12-22)36-29(38)19-28(32(36)41)44-26-8-4-7-23(18-26)34-31(40)27(35-30(39)21-5-2-1-3-6-21)17-20-9-13-25(14-10-20)37(42)43/h1-18,28H,19H2,(H,34,40)(H,35,39)/b27-17-. The molecule has 4 aromatic rings. The minimum atomic E-state index is -0.639. The summed E-state index contributed by atoms with van der Waals surface area (Å²) in [5, 5.41) is 15.8. The maximum atomic E-state index is 13.4. The second-order valence-corrected chi connectivity index (χ2v) is 11.8. The number of thioether (sulfide) groups is 1. The van der Waals surface area contributed by atoms with Crippen molar-refractivity contribution in [3.8, 4) is 0 Å². The SMILES string of the molecule is O=C(Nc1cccc(SC2CC(=O)N(c3ccc(Br)cc3)C2=O)c1)/C(=C/c1ccc([N+](=O)[O-])cc1)NC(=O)c1ccccc1. The van der Waals surface area contributed by atoms with Gasteiger partial charge >= 0.3 is 0 Å². The first-order valence-electron chi connectivity index (χ1n) is 13.2. The Morgan fingerprint density at radius 1 is 0.932 bits per heavy atom. The monoisotopic (exact) mass is 670 g/mol. The van der Waals surface area contributed by atoms with Crippen LogP contribution >= 0.6 is 27.7 Å². The summed E-state index contributed by atoms with van der Waals surface area (Å²) in [6.45, 7) is 0. The van der Waals surface area contributed by atoms with Crippen molar-refractivity contribution in [1.82, 2.24) is 5.32 Å². The number of nitro benzene ring substituents is 1. The summed E-state index contributed by atoms with van der Waals surface area (Å²) in [4.78, 5) is 64.5. The maximum absolute atomic E-state index is 13.4. The Balaban J connectivity index is 1.33. The molecule has 4 amide bonds. The summed E-state index contributed by atoms with van der Waals surface area (Å²) in [6, 6.07) is 27.6. The van der Waals surface area contributed by atoms with Gasteiger partial charge < -0.3 is 10.6 Å². The van der Waals surface area contributed by atoms with Crippen LogP contribution in [0.1, 0.15) is 22.3 Å². The largest absolute Gasteiger partial charge is 0.321 e. The molecule has 2 N–H and O–H groups in total. The summed E-state index contributed by atoms with van der Waals surface area (Å²) in [5.74, 6) is -1.77. The summed E-state index contributed by atoms with van der Waals surface area (Å²) in [6.07, 6.45) is 1.45. The normalized spacial score (nSPS) is 14.8. The predicted octanol–water partition coefficient (Wildman–Crippen LogP) is 6.19. The highest BCUT2D eigenvalue weighted by Crippen LogP contribution is 2.35. The molecule has 0 spiro atoms. The van der Waals surface area contributed by atoms with Crippen molar-refractivity contribution in [2.75, 3.05) is 10.2 Å². The Hall–Kier alpha value is -5.07. The summed E-state index contributed by atoms with van der Waals surface area (Å²) in [7, 11) is 0. The number of hydrogen-bond acceptors (Lipinski definition) is 7. The lowest BCUT2D eigenvalue weighted by molar-refractivity contribution is -0.384. The lowest BCUT2D eigenvalue weighted by Gasteiger charge is -2.15. The summed E-state index contributed by atoms with van der Waals surface area (Å²) in [5.41, 5.74) is 1.48. The van der Waals surface area contributed by atoms with E-state index in [1.165, 1.54) is 47.0 Å². The number of hydrogen-bond donors (Lipinski definition) is 2. The van der Waals surface area contributed by atoms with Crippen molar-refractivity contribution in [3.63, 3.8) is 0 Å². The number of carbonyl (C=O) groups excluding carboxylic acids is 4. The zero-order valence-corrected chi connectivity index (χ0v) is 25.2. The predicted molar refractivity (Wildman–Crippen MR) is 171 cm³/mol. The minimum absolute atomic E-state index is 0.0315. The van der Waals surface area contributed by atoms with Crippen LogP contribution in [0.2, 0.25) is 0 Å². The molecule has 44 heavy (non-hydrogen) atoms. The average molecular weight is 672 g/mol. The molecule has 1 heterocycles. The van der Waals surface area contributed by atoms with E-state index >= 15 is 0 Å². The van der Waals surface area contributed by atoms with Crippen molar-refractivity contribution >= 4 is 74.5 Å². The number of halogens is 1. The van der Waals surface area contributed by atoms with Gasteiger partial charge in [-0.3, -0.25) is 29.3 Å². The topological polar surface area (TPSA) is 139 Å². The van der Waals surface area contributed by atoms with Crippen LogP contribution in [0.4, 0.5) is 17.1 Å². The van der Waals surface area contributed by atoms with E-state index in [0.29, 0.717) is 27.4 Å². The van der Waals surface area contributed by atoms with E-state index in [1.807, 2.05) is 0 Å². The Kier molecular flexibility index (Phi) is 9.32. The van der Waals surface area contributed by atoms with E-state index in [4.69, 9.17) is 0 Å². The van der Waals surface area contributed by atoms with Crippen molar-refractivity contribution in [2.45, 2.75) is 16.6 Å².